The molecule has 1 aliphatic rings. The van der Waals surface area contributed by atoms with Gasteiger partial charge in [-0.1, -0.05) is 91.0 Å². The van der Waals surface area contributed by atoms with E-state index in [-0.39, 0.29) is 13.2 Å². The number of aliphatic hydroxyl groups is 2. The maximum absolute atomic E-state index is 13.2. The lowest BCUT2D eigenvalue weighted by Crippen LogP contribution is -2.70. The zero-order valence-electron chi connectivity index (χ0n) is 19.9. The molecule has 1 fully saturated rings. The molecule has 9 nitrogen and oxygen atoms in total. The van der Waals surface area contributed by atoms with E-state index in [9.17, 15) is 29.9 Å². The number of nitro groups is 1. The van der Waals surface area contributed by atoms with Gasteiger partial charge >= 0.3 is 11.9 Å². The Labute approximate surface area is 213 Å². The minimum atomic E-state index is -2.81. The highest BCUT2D eigenvalue weighted by Crippen LogP contribution is 2.46. The quantitative estimate of drug-likeness (QED) is 0.271. The molecule has 4 rings (SSSR count). The van der Waals surface area contributed by atoms with Crippen LogP contribution >= 0.6 is 0 Å². The third-order valence-electron chi connectivity index (χ3n) is 6.63. The molecule has 0 radical (unpaired) electrons. The second-order valence-corrected chi connectivity index (χ2v) is 9.18. The maximum Gasteiger partial charge on any atom is 0.345 e. The minimum absolute atomic E-state index is 0.251. The number of rotatable bonds is 8. The first-order chi connectivity index (χ1) is 17.7. The fourth-order valence-corrected chi connectivity index (χ4v) is 4.84. The predicted molar refractivity (Wildman–Crippen MR) is 132 cm³/mol. The average molecular weight is 506 g/mol. The predicted octanol–water partition coefficient (Wildman–Crippen LogP) is 3.16. The summed E-state index contributed by atoms with van der Waals surface area (Å²) in [5.41, 5.74) is -3.82. The largest absolute Gasteiger partial charge is 0.458 e. The van der Waals surface area contributed by atoms with Crippen LogP contribution in [0.1, 0.15) is 35.4 Å². The van der Waals surface area contributed by atoms with E-state index in [0.717, 1.165) is 0 Å². The van der Waals surface area contributed by atoms with Gasteiger partial charge in [0.15, 0.2) is 0 Å². The van der Waals surface area contributed by atoms with Crippen molar-refractivity contribution in [2.45, 2.75) is 49.2 Å². The lowest BCUT2D eigenvalue weighted by molar-refractivity contribution is -0.566. The number of nitrogens with zero attached hydrogens (tertiary/aromatic N) is 1. The molecule has 1 aliphatic carbocycles. The van der Waals surface area contributed by atoms with Crippen molar-refractivity contribution in [3.8, 4) is 0 Å². The number of esters is 2. The summed E-state index contributed by atoms with van der Waals surface area (Å²) < 4.78 is 10.6. The topological polar surface area (TPSA) is 136 Å². The summed E-state index contributed by atoms with van der Waals surface area (Å²) in [6, 6.07) is 23.4. The summed E-state index contributed by atoms with van der Waals surface area (Å²) in [5.74, 6) is -3.37. The Bertz CT molecular complexity index is 1170. The van der Waals surface area contributed by atoms with Crippen molar-refractivity contribution >= 4 is 11.9 Å². The van der Waals surface area contributed by atoms with Crippen LogP contribution in [-0.2, 0) is 32.3 Å². The molecule has 192 valence electrons. The van der Waals surface area contributed by atoms with Crippen molar-refractivity contribution in [3.63, 3.8) is 0 Å². The molecule has 0 aromatic heterocycles. The summed E-state index contributed by atoms with van der Waals surface area (Å²) >= 11 is 0. The van der Waals surface area contributed by atoms with Gasteiger partial charge in [-0.2, -0.15) is 0 Å². The maximum atomic E-state index is 13.2. The van der Waals surface area contributed by atoms with E-state index in [2.05, 4.69) is 0 Å². The second-order valence-electron chi connectivity index (χ2n) is 9.18. The molecule has 0 spiro atoms. The first-order valence-corrected chi connectivity index (χ1v) is 11.8. The van der Waals surface area contributed by atoms with Gasteiger partial charge in [-0.3, -0.25) is 10.1 Å². The molecular formula is C28H27NO8. The molecule has 3 aromatic rings. The fourth-order valence-electron chi connectivity index (χ4n) is 4.84. The Morgan fingerprint density at radius 3 is 1.51 bits per heavy atom. The molecule has 37 heavy (non-hydrogen) atoms. The van der Waals surface area contributed by atoms with Crippen molar-refractivity contribution in [2.24, 2.45) is 0 Å². The molecule has 0 bridgehead atoms. The Balaban J connectivity index is 1.68. The lowest BCUT2D eigenvalue weighted by Gasteiger charge is -2.44. The molecule has 9 heteroatoms. The van der Waals surface area contributed by atoms with Gasteiger partial charge in [-0.05, 0) is 22.6 Å². The van der Waals surface area contributed by atoms with Gasteiger partial charge in [-0.15, -0.1) is 0 Å². The van der Waals surface area contributed by atoms with E-state index in [1.807, 2.05) is 0 Å². The molecule has 0 saturated heterocycles. The van der Waals surface area contributed by atoms with Gasteiger partial charge < -0.3 is 19.7 Å². The minimum Gasteiger partial charge on any atom is -0.458 e. The van der Waals surface area contributed by atoms with E-state index < -0.39 is 52.9 Å². The van der Waals surface area contributed by atoms with Gasteiger partial charge in [-0.25, -0.2) is 9.59 Å². The molecule has 1 saturated carbocycles. The zero-order chi connectivity index (χ0) is 26.5. The van der Waals surface area contributed by atoms with Crippen LogP contribution in [0.4, 0.5) is 0 Å². The first kappa shape index (κ1) is 26.0. The van der Waals surface area contributed by atoms with Gasteiger partial charge in [0.2, 0.25) is 11.2 Å². The highest BCUT2D eigenvalue weighted by Gasteiger charge is 2.71. The van der Waals surface area contributed by atoms with Crippen molar-refractivity contribution < 1.29 is 34.2 Å². The monoisotopic (exact) mass is 505 g/mol. The van der Waals surface area contributed by atoms with E-state index >= 15 is 0 Å². The summed E-state index contributed by atoms with van der Waals surface area (Å²) in [4.78, 5) is 37.7. The highest BCUT2D eigenvalue weighted by molar-refractivity contribution is 5.86. The molecule has 3 aromatic carbocycles. The number of hydrogen-bond acceptors (Lipinski definition) is 8. The van der Waals surface area contributed by atoms with E-state index in [0.29, 0.717) is 16.7 Å². The summed E-state index contributed by atoms with van der Waals surface area (Å²) in [6.45, 7) is -0.501. The van der Waals surface area contributed by atoms with Crippen molar-refractivity contribution in [1.82, 2.24) is 0 Å². The fraction of sp³-hybridized carbons (Fsp3) is 0.286. The Kier molecular flexibility index (Phi) is 7.66. The van der Waals surface area contributed by atoms with Crippen LogP contribution in [0.15, 0.2) is 91.0 Å². The van der Waals surface area contributed by atoms with Crippen LogP contribution in [0.2, 0.25) is 0 Å². The summed E-state index contributed by atoms with van der Waals surface area (Å²) in [7, 11) is 0. The van der Waals surface area contributed by atoms with Crippen molar-refractivity contribution in [1.29, 1.82) is 0 Å². The van der Waals surface area contributed by atoms with Gasteiger partial charge in [0.1, 0.15) is 13.2 Å². The van der Waals surface area contributed by atoms with Crippen molar-refractivity contribution in [3.05, 3.63) is 118 Å². The normalized spacial score (nSPS) is 25.1. The Morgan fingerprint density at radius 1 is 0.757 bits per heavy atom. The van der Waals surface area contributed by atoms with Gasteiger partial charge in [0.25, 0.3) is 6.04 Å². The third kappa shape index (κ3) is 5.52. The van der Waals surface area contributed by atoms with Crippen LogP contribution in [0, 0.1) is 10.1 Å². The second kappa shape index (κ2) is 10.9. The molecular weight excluding hydrogens is 478 g/mol. The van der Waals surface area contributed by atoms with Crippen LogP contribution in [0.5, 0.6) is 0 Å². The van der Waals surface area contributed by atoms with Crippen LogP contribution in [0.3, 0.4) is 0 Å². The molecule has 0 heterocycles. The lowest BCUT2D eigenvalue weighted by atomic mass is 9.64. The molecule has 0 amide bonds. The third-order valence-corrected chi connectivity index (χ3v) is 6.63. The summed E-state index contributed by atoms with van der Waals surface area (Å²) in [5, 5.41) is 35.4. The smallest absolute Gasteiger partial charge is 0.345 e. The molecule has 2 unspecified atom stereocenters. The van der Waals surface area contributed by atoms with E-state index in [4.69, 9.17) is 9.47 Å². The van der Waals surface area contributed by atoms with Crippen molar-refractivity contribution in [2.75, 3.05) is 0 Å². The number of carbonyl (C=O) groups is 2. The molecule has 4 atom stereocenters. The molecule has 0 aliphatic heterocycles. The molecule has 2 N–H and O–H groups in total. The highest BCUT2D eigenvalue weighted by atomic mass is 16.6. The Hall–Kier alpha value is -4.08. The van der Waals surface area contributed by atoms with Crippen LogP contribution in [-0.4, -0.2) is 44.3 Å². The summed E-state index contributed by atoms with van der Waals surface area (Å²) in [6.07, 6.45) is -0.852. The number of ether oxygens (including phenoxy) is 2. The number of carbonyl (C=O) groups excluding carboxylic acids is 2. The van der Waals surface area contributed by atoms with Gasteiger partial charge in [0, 0.05) is 17.8 Å². The van der Waals surface area contributed by atoms with Gasteiger partial charge in [0.05, 0.1) is 0 Å². The van der Waals surface area contributed by atoms with E-state index in [1.165, 1.54) is 0 Å². The first-order valence-electron chi connectivity index (χ1n) is 11.8. The number of benzene rings is 3. The van der Waals surface area contributed by atoms with E-state index in [1.54, 1.807) is 91.0 Å². The SMILES string of the molecule is O=C(OCc1ccccc1)[C@]1(O)CC(c2ccccc2)C[C@](O)(C(=O)OCc2ccccc2)C1[N+](=O)[O-]. The average Bonchev–Trinajstić information content (AvgIpc) is 2.91. The van der Waals surface area contributed by atoms with Crippen LogP contribution < -0.4 is 0 Å². The standard InChI is InChI=1S/C28H27NO8/c30-25(36-18-20-10-4-1-5-11-20)27(32)16-23(22-14-8-3-9-15-22)17-28(33,24(27)29(34)35)26(31)37-19-21-12-6-2-7-13-21/h1-15,23-24,32-33H,16-19H2/t23?,24?,27-,28+. The van der Waals surface area contributed by atoms with Crippen LogP contribution in [0.25, 0.3) is 0 Å². The number of hydrogen-bond donors (Lipinski definition) is 2. The zero-order valence-corrected chi connectivity index (χ0v) is 19.9. The Morgan fingerprint density at radius 2 is 1.14 bits per heavy atom.